The quantitative estimate of drug-likeness (QED) is 0.437. The van der Waals surface area contributed by atoms with Gasteiger partial charge in [0.25, 0.3) is 0 Å². The van der Waals surface area contributed by atoms with Crippen LogP contribution >= 0.6 is 11.6 Å². The lowest BCUT2D eigenvalue weighted by Gasteiger charge is -2.29. The van der Waals surface area contributed by atoms with Crippen LogP contribution in [0.2, 0.25) is 0 Å². The second-order valence-electron chi connectivity index (χ2n) is 3.47. The molecule has 0 aliphatic carbocycles. The molecular weight excluding hydrogens is 156 g/mol. The molecule has 0 aliphatic rings. The van der Waals surface area contributed by atoms with Crippen LogP contribution in [0.4, 0.5) is 0 Å². The second-order valence-corrected chi connectivity index (χ2v) is 3.74. The first-order valence-corrected chi connectivity index (χ1v) is 4.84. The molecule has 0 bridgehead atoms. The highest BCUT2D eigenvalue weighted by Gasteiger charge is 2.24. The van der Waals surface area contributed by atoms with E-state index in [1.165, 1.54) is 5.57 Å². The van der Waals surface area contributed by atoms with Gasteiger partial charge in [-0.25, -0.2) is 0 Å². The summed E-state index contributed by atoms with van der Waals surface area (Å²) in [6, 6.07) is 0. The highest BCUT2D eigenvalue weighted by Crippen LogP contribution is 2.34. The van der Waals surface area contributed by atoms with Crippen molar-refractivity contribution in [2.45, 2.75) is 40.0 Å². The number of alkyl halides is 1. The molecule has 0 aliphatic heterocycles. The van der Waals surface area contributed by atoms with Gasteiger partial charge in [-0.1, -0.05) is 19.4 Å². The van der Waals surface area contributed by atoms with Gasteiger partial charge >= 0.3 is 0 Å². The van der Waals surface area contributed by atoms with Crippen molar-refractivity contribution in [2.24, 2.45) is 5.41 Å². The summed E-state index contributed by atoms with van der Waals surface area (Å²) >= 11 is 5.93. The van der Waals surface area contributed by atoms with Gasteiger partial charge in [-0.05, 0) is 31.6 Å². The summed E-state index contributed by atoms with van der Waals surface area (Å²) in [6.07, 6.45) is 3.38. The van der Waals surface area contributed by atoms with E-state index in [2.05, 4.69) is 27.4 Å². The van der Waals surface area contributed by atoms with Gasteiger partial charge in [-0.15, -0.1) is 18.2 Å². The number of halogens is 1. The lowest BCUT2D eigenvalue weighted by atomic mass is 9.79. The Labute approximate surface area is 75.6 Å². The molecule has 0 saturated carbocycles. The number of allylic oxidation sites excluding steroid dienone is 1. The van der Waals surface area contributed by atoms with Gasteiger partial charge in [-0.2, -0.15) is 0 Å². The largest absolute Gasteiger partial charge is 0.126 e. The first kappa shape index (κ1) is 11.0. The monoisotopic (exact) mass is 174 g/mol. The van der Waals surface area contributed by atoms with Gasteiger partial charge in [0.1, 0.15) is 0 Å². The molecule has 0 aromatic rings. The Kier molecular flexibility index (Phi) is 4.83. The van der Waals surface area contributed by atoms with Crippen molar-refractivity contribution in [2.75, 3.05) is 5.88 Å². The van der Waals surface area contributed by atoms with Crippen molar-refractivity contribution in [1.82, 2.24) is 0 Å². The van der Waals surface area contributed by atoms with Crippen LogP contribution in [-0.2, 0) is 0 Å². The molecule has 0 radical (unpaired) electrons. The van der Waals surface area contributed by atoms with Gasteiger partial charge in [0.2, 0.25) is 0 Å². The summed E-state index contributed by atoms with van der Waals surface area (Å²) in [7, 11) is 0. The maximum atomic E-state index is 5.93. The molecule has 1 heteroatoms. The maximum absolute atomic E-state index is 5.93. The molecule has 0 nitrogen and oxygen atoms in total. The van der Waals surface area contributed by atoms with E-state index >= 15 is 0 Å². The lowest BCUT2D eigenvalue weighted by molar-refractivity contribution is 0.301. The maximum Gasteiger partial charge on any atom is 0.0282 e. The van der Waals surface area contributed by atoms with Crippen LogP contribution < -0.4 is 0 Å². The van der Waals surface area contributed by atoms with Gasteiger partial charge in [0, 0.05) is 5.88 Å². The summed E-state index contributed by atoms with van der Waals surface area (Å²) in [5.41, 5.74) is 1.56. The first-order chi connectivity index (χ1) is 5.10. The molecule has 11 heavy (non-hydrogen) atoms. The summed E-state index contributed by atoms with van der Waals surface area (Å²) in [5.74, 6) is 0.757. The van der Waals surface area contributed by atoms with Crippen LogP contribution in [0.3, 0.4) is 0 Å². The number of hydrogen-bond donors (Lipinski definition) is 0. The molecule has 0 spiro atoms. The zero-order valence-corrected chi connectivity index (χ0v) is 8.67. The third-order valence-electron chi connectivity index (χ3n) is 2.46. The second kappa shape index (κ2) is 4.82. The fourth-order valence-electron chi connectivity index (χ4n) is 1.38. The van der Waals surface area contributed by atoms with Crippen LogP contribution in [0.1, 0.15) is 40.0 Å². The highest BCUT2D eigenvalue weighted by molar-refractivity contribution is 6.18. The average Bonchev–Trinajstić information content (AvgIpc) is 2.00. The Balaban J connectivity index is 4.16. The SMILES string of the molecule is C=C(C)CC(CC)(CC)CCl. The van der Waals surface area contributed by atoms with Gasteiger partial charge in [-0.3, -0.25) is 0 Å². The van der Waals surface area contributed by atoms with Crippen molar-refractivity contribution in [3.8, 4) is 0 Å². The van der Waals surface area contributed by atoms with E-state index in [0.29, 0.717) is 5.41 Å². The van der Waals surface area contributed by atoms with Crippen molar-refractivity contribution >= 4 is 11.6 Å². The van der Waals surface area contributed by atoms with E-state index in [1.807, 2.05) is 0 Å². The zero-order valence-electron chi connectivity index (χ0n) is 7.91. The topological polar surface area (TPSA) is 0 Å². The molecular formula is C10H19Cl. The predicted molar refractivity (Wildman–Crippen MR) is 53.2 cm³/mol. The minimum Gasteiger partial charge on any atom is -0.126 e. The molecule has 0 heterocycles. The molecule has 0 aromatic heterocycles. The molecule has 0 atom stereocenters. The molecule has 0 rings (SSSR count). The Hall–Kier alpha value is 0.0300. The third kappa shape index (κ3) is 3.29. The molecule has 0 amide bonds. The van der Waals surface area contributed by atoms with Crippen LogP contribution in [0, 0.1) is 5.41 Å². The van der Waals surface area contributed by atoms with Crippen LogP contribution in [0.5, 0.6) is 0 Å². The van der Waals surface area contributed by atoms with Crippen molar-refractivity contribution in [3.63, 3.8) is 0 Å². The lowest BCUT2D eigenvalue weighted by Crippen LogP contribution is -2.21. The Morgan fingerprint density at radius 1 is 1.36 bits per heavy atom. The first-order valence-electron chi connectivity index (χ1n) is 4.30. The standard InChI is InChI=1S/C10H19Cl/c1-5-10(6-2,8-11)7-9(3)4/h3,5-8H2,1-2,4H3. The highest BCUT2D eigenvalue weighted by atomic mass is 35.5. The Morgan fingerprint density at radius 3 is 1.91 bits per heavy atom. The van der Waals surface area contributed by atoms with E-state index in [1.54, 1.807) is 0 Å². The van der Waals surface area contributed by atoms with Crippen LogP contribution in [0.25, 0.3) is 0 Å². The fourth-order valence-corrected chi connectivity index (χ4v) is 1.85. The Morgan fingerprint density at radius 2 is 1.82 bits per heavy atom. The van der Waals surface area contributed by atoms with Crippen molar-refractivity contribution in [3.05, 3.63) is 12.2 Å². The van der Waals surface area contributed by atoms with Crippen LogP contribution in [-0.4, -0.2) is 5.88 Å². The molecule has 0 fully saturated rings. The van der Waals surface area contributed by atoms with E-state index in [0.717, 1.165) is 25.1 Å². The smallest absolute Gasteiger partial charge is 0.0282 e. The predicted octanol–water partition coefficient (Wildman–Crippen LogP) is 4.00. The summed E-state index contributed by atoms with van der Waals surface area (Å²) < 4.78 is 0. The number of rotatable bonds is 5. The van der Waals surface area contributed by atoms with Crippen molar-refractivity contribution in [1.29, 1.82) is 0 Å². The van der Waals surface area contributed by atoms with Crippen molar-refractivity contribution < 1.29 is 0 Å². The molecule has 0 aromatic carbocycles. The zero-order chi connectivity index (χ0) is 8.91. The Bertz CT molecular complexity index is 115. The van der Waals surface area contributed by atoms with Gasteiger partial charge < -0.3 is 0 Å². The van der Waals surface area contributed by atoms with Gasteiger partial charge in [0.05, 0.1) is 0 Å². The van der Waals surface area contributed by atoms with E-state index in [9.17, 15) is 0 Å². The molecule has 0 N–H and O–H groups in total. The molecule has 66 valence electrons. The van der Waals surface area contributed by atoms with E-state index in [4.69, 9.17) is 11.6 Å². The molecule has 0 saturated heterocycles. The average molecular weight is 175 g/mol. The number of hydrogen-bond acceptors (Lipinski definition) is 0. The summed E-state index contributed by atoms with van der Waals surface area (Å²) in [4.78, 5) is 0. The molecule has 0 unspecified atom stereocenters. The van der Waals surface area contributed by atoms with Gasteiger partial charge in [0.15, 0.2) is 0 Å². The minimum atomic E-state index is 0.313. The van der Waals surface area contributed by atoms with E-state index in [-0.39, 0.29) is 0 Å². The van der Waals surface area contributed by atoms with Crippen LogP contribution in [0.15, 0.2) is 12.2 Å². The van der Waals surface area contributed by atoms with E-state index < -0.39 is 0 Å². The normalized spacial score (nSPS) is 11.6. The third-order valence-corrected chi connectivity index (χ3v) is 3.03. The summed E-state index contributed by atoms with van der Waals surface area (Å²) in [5, 5.41) is 0. The summed E-state index contributed by atoms with van der Waals surface area (Å²) in [6.45, 7) is 10.4. The fraction of sp³-hybridized carbons (Fsp3) is 0.800. The minimum absolute atomic E-state index is 0.313.